The summed E-state index contributed by atoms with van der Waals surface area (Å²) in [5.41, 5.74) is 6.71. The molecule has 10 rings (SSSR count). The predicted octanol–water partition coefficient (Wildman–Crippen LogP) is 6.72. The third-order valence-electron chi connectivity index (χ3n) is 8.78. The quantitative estimate of drug-likeness (QED) is 0.145. The van der Waals surface area contributed by atoms with Crippen LogP contribution in [0.25, 0.3) is 49.7 Å². The van der Waals surface area contributed by atoms with Gasteiger partial charge in [0.1, 0.15) is 17.3 Å². The molecule has 0 radical (unpaired) electrons. The van der Waals surface area contributed by atoms with Crippen molar-refractivity contribution in [1.82, 2.24) is 14.5 Å². The number of hydrogen-bond donors (Lipinski definition) is 0. The van der Waals surface area contributed by atoms with Gasteiger partial charge in [-0.1, -0.05) is 65.5 Å². The molecule has 2 aliphatic rings. The number of rotatable bonds is 2. The third kappa shape index (κ3) is 3.79. The van der Waals surface area contributed by atoms with Gasteiger partial charge in [-0.3, -0.25) is 0 Å². The molecule has 0 N–H and O–H groups in total. The molecule has 0 atom stereocenters. The summed E-state index contributed by atoms with van der Waals surface area (Å²) in [6.45, 7) is -0.191. The Bertz CT molecular complexity index is 2470. The Labute approximate surface area is 273 Å². The van der Waals surface area contributed by atoms with Crippen molar-refractivity contribution in [3.05, 3.63) is 134 Å². The van der Waals surface area contributed by atoms with E-state index in [1.807, 2.05) is 67.0 Å². The van der Waals surface area contributed by atoms with Crippen LogP contribution < -0.4 is 25.9 Å². The summed E-state index contributed by atoms with van der Waals surface area (Å²) < 4.78 is 15.3. The fourth-order valence-electron chi connectivity index (χ4n) is 6.88. The molecule has 5 nitrogen and oxygen atoms in total. The first-order valence-corrected chi connectivity index (χ1v) is 14.6. The van der Waals surface area contributed by atoms with Crippen LogP contribution in [-0.4, -0.2) is 21.2 Å². The molecular formula is C38H20BN3O2Pt. The number of pyridine rings is 2. The number of benzene rings is 5. The van der Waals surface area contributed by atoms with Crippen molar-refractivity contribution in [3.63, 3.8) is 0 Å². The Hall–Kier alpha value is -5.19. The van der Waals surface area contributed by atoms with Gasteiger partial charge >= 0.3 is 21.1 Å². The largest absolute Gasteiger partial charge is 2.00 e. The molecule has 3 aromatic heterocycles. The van der Waals surface area contributed by atoms with Gasteiger partial charge in [-0.2, -0.15) is 6.07 Å². The first-order chi connectivity index (χ1) is 21.8. The monoisotopic (exact) mass is 756 g/mol. The van der Waals surface area contributed by atoms with Gasteiger partial charge < -0.3 is 19.0 Å². The molecule has 2 aliphatic heterocycles. The van der Waals surface area contributed by atoms with E-state index in [0.717, 1.165) is 89.0 Å². The minimum absolute atomic E-state index is 0. The summed E-state index contributed by atoms with van der Waals surface area (Å²) in [5.74, 6) is 3.97. The minimum atomic E-state index is -0.191. The molecule has 0 aliphatic carbocycles. The van der Waals surface area contributed by atoms with Crippen molar-refractivity contribution >= 4 is 55.7 Å². The van der Waals surface area contributed by atoms with Crippen LogP contribution in [0, 0.1) is 12.1 Å². The molecule has 0 saturated heterocycles. The van der Waals surface area contributed by atoms with E-state index in [2.05, 4.69) is 71.3 Å². The fourth-order valence-corrected chi connectivity index (χ4v) is 6.88. The van der Waals surface area contributed by atoms with Crippen LogP contribution >= 0.6 is 0 Å². The summed E-state index contributed by atoms with van der Waals surface area (Å²) in [6, 6.07) is 44.6. The zero-order valence-corrected chi connectivity index (χ0v) is 25.9. The van der Waals surface area contributed by atoms with Gasteiger partial charge in [0, 0.05) is 34.9 Å². The molecule has 7 heteroatoms. The number of aromatic nitrogens is 3. The Morgan fingerprint density at radius 3 is 2.24 bits per heavy atom. The van der Waals surface area contributed by atoms with Crippen LogP contribution in [0.4, 0.5) is 0 Å². The summed E-state index contributed by atoms with van der Waals surface area (Å²) in [6.07, 6.45) is 3.69. The maximum atomic E-state index is 6.62. The molecule has 8 aromatic rings. The third-order valence-corrected chi connectivity index (χ3v) is 8.78. The van der Waals surface area contributed by atoms with E-state index in [1.165, 1.54) is 0 Å². The topological polar surface area (TPSA) is 49.2 Å². The standard InChI is InChI=1S/C38H20BN3O2.Pt/c1-2-9-25-23(8-1)17-19-41-38(25)24-15-16-32-28(20-24)39-29-22-31-27(21-35(29)44-34-13-7-12-33(43-32)37(34)39)26-10-3-4-11-30(26)42(31)36-14-5-6-18-40-36;/h1-19,21H;/q-2;+2. The SMILES string of the molecule is [Pt+2].[c-]1c(-c2nccc3ccccc23)ccc2c1B1c3[c-]c4c(cc3Oc3cccc(c31)O2)c1ccccc1n4-c1ccccn1. The number of para-hydroxylation sites is 1. The van der Waals surface area contributed by atoms with Gasteiger partial charge in [-0.05, 0) is 58.3 Å². The van der Waals surface area contributed by atoms with Crippen molar-refractivity contribution in [2.75, 3.05) is 0 Å². The van der Waals surface area contributed by atoms with Gasteiger partial charge in [-0.15, -0.1) is 40.8 Å². The van der Waals surface area contributed by atoms with Crippen LogP contribution in [0.3, 0.4) is 0 Å². The molecule has 0 saturated carbocycles. The normalized spacial score (nSPS) is 12.6. The van der Waals surface area contributed by atoms with Crippen LogP contribution in [0.2, 0.25) is 0 Å². The first kappa shape index (κ1) is 26.2. The van der Waals surface area contributed by atoms with E-state index in [1.54, 1.807) is 0 Å². The second-order valence-electron chi connectivity index (χ2n) is 11.2. The molecule has 45 heavy (non-hydrogen) atoms. The average molecular weight is 756 g/mol. The molecule has 5 heterocycles. The van der Waals surface area contributed by atoms with Gasteiger partial charge in [-0.25, -0.2) is 4.98 Å². The maximum absolute atomic E-state index is 6.62. The van der Waals surface area contributed by atoms with E-state index >= 15 is 0 Å². The molecule has 0 bridgehead atoms. The average Bonchev–Trinajstić information content (AvgIpc) is 3.40. The van der Waals surface area contributed by atoms with Gasteiger partial charge in [0.05, 0.1) is 0 Å². The molecule has 0 amide bonds. The van der Waals surface area contributed by atoms with Crippen molar-refractivity contribution in [2.24, 2.45) is 0 Å². The van der Waals surface area contributed by atoms with Crippen LogP contribution in [0.15, 0.2) is 122 Å². The van der Waals surface area contributed by atoms with E-state index < -0.39 is 0 Å². The van der Waals surface area contributed by atoms with Crippen molar-refractivity contribution in [2.45, 2.75) is 0 Å². The minimum Gasteiger partial charge on any atom is -0.518 e. The Kier molecular flexibility index (Phi) is 5.78. The van der Waals surface area contributed by atoms with Crippen LogP contribution in [0.1, 0.15) is 0 Å². The van der Waals surface area contributed by atoms with Gasteiger partial charge in [0.15, 0.2) is 0 Å². The Morgan fingerprint density at radius 1 is 0.600 bits per heavy atom. The number of ether oxygens (including phenoxy) is 2. The number of nitrogens with zero attached hydrogens (tertiary/aromatic N) is 3. The van der Waals surface area contributed by atoms with Gasteiger partial charge in [0.25, 0.3) is 0 Å². The molecule has 0 unspecified atom stereocenters. The van der Waals surface area contributed by atoms with Crippen LogP contribution in [0.5, 0.6) is 23.0 Å². The van der Waals surface area contributed by atoms with E-state index in [0.29, 0.717) is 0 Å². The number of fused-ring (bicyclic) bond motifs is 8. The van der Waals surface area contributed by atoms with Crippen molar-refractivity contribution < 1.29 is 30.5 Å². The summed E-state index contributed by atoms with van der Waals surface area (Å²) in [7, 11) is 0. The first-order valence-electron chi connectivity index (χ1n) is 14.6. The number of hydrogen-bond acceptors (Lipinski definition) is 4. The van der Waals surface area contributed by atoms with Crippen molar-refractivity contribution in [1.29, 1.82) is 0 Å². The molecule has 5 aromatic carbocycles. The molecular weight excluding hydrogens is 736 g/mol. The van der Waals surface area contributed by atoms with E-state index in [4.69, 9.17) is 19.4 Å². The Morgan fingerprint density at radius 2 is 1.38 bits per heavy atom. The Balaban J connectivity index is 0.00000281. The predicted molar refractivity (Wildman–Crippen MR) is 175 cm³/mol. The van der Waals surface area contributed by atoms with Crippen molar-refractivity contribution in [3.8, 4) is 40.1 Å². The molecule has 0 fully saturated rings. The fraction of sp³-hybridized carbons (Fsp3) is 0. The smallest absolute Gasteiger partial charge is 0.518 e. The van der Waals surface area contributed by atoms with E-state index in [9.17, 15) is 0 Å². The summed E-state index contributed by atoms with van der Waals surface area (Å²) in [5, 5.41) is 4.42. The van der Waals surface area contributed by atoms with E-state index in [-0.39, 0.29) is 27.8 Å². The maximum Gasteiger partial charge on any atom is 2.00 e. The van der Waals surface area contributed by atoms with Gasteiger partial charge in [0.2, 0.25) is 6.71 Å². The molecule has 212 valence electrons. The summed E-state index contributed by atoms with van der Waals surface area (Å²) in [4.78, 5) is 9.51. The second kappa shape index (κ2) is 9.92. The summed E-state index contributed by atoms with van der Waals surface area (Å²) >= 11 is 0. The second-order valence-corrected chi connectivity index (χ2v) is 11.2. The molecule has 0 spiro atoms. The zero-order valence-electron chi connectivity index (χ0n) is 23.6. The zero-order chi connectivity index (χ0) is 28.8. The van der Waals surface area contributed by atoms with Crippen LogP contribution in [-0.2, 0) is 21.1 Å².